The standard InChI is InChI=1S/C14H21NO5/c1-4-5-7-15-12(16)6-8-20-14(19)11(3)9-10(2)13(17)18/h9H,3-8H2,1-2H3,(H,15,16)(H,17,18). The SMILES string of the molecule is C=C(C=C(C)C(=O)O)C(=O)OCCC(=O)NCCCC. The van der Waals surface area contributed by atoms with E-state index in [4.69, 9.17) is 9.84 Å². The van der Waals surface area contributed by atoms with E-state index >= 15 is 0 Å². The lowest BCUT2D eigenvalue weighted by atomic mass is 10.2. The zero-order valence-electron chi connectivity index (χ0n) is 11.9. The molecule has 0 saturated heterocycles. The molecule has 0 rings (SSSR count). The number of carbonyl (C=O) groups excluding carboxylic acids is 2. The number of rotatable bonds is 9. The first-order valence-electron chi connectivity index (χ1n) is 6.42. The van der Waals surface area contributed by atoms with Crippen LogP contribution in [0.2, 0.25) is 0 Å². The van der Waals surface area contributed by atoms with Gasteiger partial charge in [-0.3, -0.25) is 4.79 Å². The van der Waals surface area contributed by atoms with Crippen LogP contribution in [-0.4, -0.2) is 36.1 Å². The maximum absolute atomic E-state index is 11.5. The van der Waals surface area contributed by atoms with E-state index in [2.05, 4.69) is 11.9 Å². The predicted octanol–water partition coefficient (Wildman–Crippen LogP) is 1.42. The van der Waals surface area contributed by atoms with Crippen molar-refractivity contribution in [2.45, 2.75) is 33.1 Å². The van der Waals surface area contributed by atoms with Crippen molar-refractivity contribution in [3.8, 4) is 0 Å². The summed E-state index contributed by atoms with van der Waals surface area (Å²) in [5, 5.41) is 11.3. The normalized spacial score (nSPS) is 10.8. The minimum Gasteiger partial charge on any atom is -0.478 e. The number of amides is 1. The maximum atomic E-state index is 11.5. The Morgan fingerprint density at radius 1 is 1.35 bits per heavy atom. The minimum absolute atomic E-state index is 0.00995. The summed E-state index contributed by atoms with van der Waals surface area (Å²) >= 11 is 0. The molecule has 20 heavy (non-hydrogen) atoms. The van der Waals surface area contributed by atoms with E-state index in [1.807, 2.05) is 6.92 Å². The number of carboxylic acids is 1. The smallest absolute Gasteiger partial charge is 0.337 e. The molecule has 0 spiro atoms. The second-order valence-corrected chi connectivity index (χ2v) is 4.25. The molecule has 0 aromatic carbocycles. The number of hydrogen-bond donors (Lipinski definition) is 2. The van der Waals surface area contributed by atoms with Crippen LogP contribution < -0.4 is 5.32 Å². The highest BCUT2D eigenvalue weighted by molar-refractivity contribution is 5.95. The average Bonchev–Trinajstić information content (AvgIpc) is 2.38. The van der Waals surface area contributed by atoms with Gasteiger partial charge in [-0.05, 0) is 19.4 Å². The Hall–Kier alpha value is -2.11. The molecule has 0 atom stereocenters. The summed E-state index contributed by atoms with van der Waals surface area (Å²) in [6, 6.07) is 0. The van der Waals surface area contributed by atoms with E-state index in [1.54, 1.807) is 0 Å². The first-order valence-corrected chi connectivity index (χ1v) is 6.42. The van der Waals surface area contributed by atoms with Gasteiger partial charge in [0.1, 0.15) is 6.61 Å². The average molecular weight is 283 g/mol. The van der Waals surface area contributed by atoms with Crippen LogP contribution in [0, 0.1) is 0 Å². The molecule has 0 aromatic rings. The van der Waals surface area contributed by atoms with Gasteiger partial charge in [-0.15, -0.1) is 0 Å². The monoisotopic (exact) mass is 283 g/mol. The van der Waals surface area contributed by atoms with Crippen LogP contribution in [0.1, 0.15) is 33.1 Å². The van der Waals surface area contributed by atoms with Gasteiger partial charge >= 0.3 is 11.9 Å². The molecule has 6 heteroatoms. The highest BCUT2D eigenvalue weighted by atomic mass is 16.5. The van der Waals surface area contributed by atoms with Crippen LogP contribution >= 0.6 is 0 Å². The van der Waals surface area contributed by atoms with Gasteiger partial charge in [-0.1, -0.05) is 19.9 Å². The molecule has 0 fully saturated rings. The summed E-state index contributed by atoms with van der Waals surface area (Å²) in [5.74, 6) is -2.05. The van der Waals surface area contributed by atoms with Gasteiger partial charge in [0.05, 0.1) is 12.0 Å². The number of carboxylic acid groups (broad SMARTS) is 1. The Kier molecular flexibility index (Phi) is 8.74. The molecule has 0 saturated carbocycles. The minimum atomic E-state index is -1.13. The summed E-state index contributed by atoms with van der Waals surface area (Å²) in [6.07, 6.45) is 3.10. The van der Waals surface area contributed by atoms with Crippen molar-refractivity contribution in [3.05, 3.63) is 23.8 Å². The number of nitrogens with one attached hydrogen (secondary N) is 1. The predicted molar refractivity (Wildman–Crippen MR) is 74.0 cm³/mol. The molecule has 0 aliphatic heterocycles. The number of hydrogen-bond acceptors (Lipinski definition) is 4. The molecule has 0 bridgehead atoms. The van der Waals surface area contributed by atoms with Crippen molar-refractivity contribution in [2.24, 2.45) is 0 Å². The first kappa shape index (κ1) is 17.9. The molecular weight excluding hydrogens is 262 g/mol. The van der Waals surface area contributed by atoms with Crippen LogP contribution in [-0.2, 0) is 19.1 Å². The van der Waals surface area contributed by atoms with Gasteiger partial charge in [-0.2, -0.15) is 0 Å². The quantitative estimate of drug-likeness (QED) is 0.289. The van der Waals surface area contributed by atoms with Gasteiger partial charge in [0.25, 0.3) is 0 Å². The molecule has 0 unspecified atom stereocenters. The summed E-state index contributed by atoms with van der Waals surface area (Å²) in [7, 11) is 0. The third kappa shape index (κ3) is 8.07. The zero-order valence-corrected chi connectivity index (χ0v) is 11.9. The number of carbonyl (C=O) groups is 3. The molecule has 0 aromatic heterocycles. The van der Waals surface area contributed by atoms with E-state index in [-0.39, 0.29) is 30.1 Å². The molecule has 0 heterocycles. The third-order valence-corrected chi connectivity index (χ3v) is 2.41. The molecule has 0 aliphatic carbocycles. The molecule has 112 valence electrons. The molecule has 6 nitrogen and oxygen atoms in total. The highest BCUT2D eigenvalue weighted by Gasteiger charge is 2.10. The Morgan fingerprint density at radius 3 is 2.55 bits per heavy atom. The van der Waals surface area contributed by atoms with Crippen LogP contribution in [0.5, 0.6) is 0 Å². The van der Waals surface area contributed by atoms with Gasteiger partial charge < -0.3 is 15.2 Å². The molecular formula is C14H21NO5. The van der Waals surface area contributed by atoms with E-state index in [1.165, 1.54) is 6.92 Å². The van der Waals surface area contributed by atoms with Crippen molar-refractivity contribution in [2.75, 3.05) is 13.2 Å². The number of ether oxygens (including phenoxy) is 1. The van der Waals surface area contributed by atoms with E-state index in [0.29, 0.717) is 6.54 Å². The van der Waals surface area contributed by atoms with Crippen LogP contribution in [0.25, 0.3) is 0 Å². The second kappa shape index (κ2) is 9.77. The van der Waals surface area contributed by atoms with Crippen molar-refractivity contribution in [1.29, 1.82) is 0 Å². The lowest BCUT2D eigenvalue weighted by Crippen LogP contribution is -2.25. The third-order valence-electron chi connectivity index (χ3n) is 2.41. The largest absolute Gasteiger partial charge is 0.478 e. The maximum Gasteiger partial charge on any atom is 0.337 e. The topological polar surface area (TPSA) is 92.7 Å². The Morgan fingerprint density at radius 2 is 2.00 bits per heavy atom. The number of unbranched alkanes of at least 4 members (excludes halogenated alkanes) is 1. The fraction of sp³-hybridized carbons (Fsp3) is 0.500. The summed E-state index contributed by atoms with van der Waals surface area (Å²) in [6.45, 7) is 7.34. The van der Waals surface area contributed by atoms with Crippen molar-refractivity contribution >= 4 is 17.8 Å². The van der Waals surface area contributed by atoms with Gasteiger partial charge in [0, 0.05) is 12.1 Å². The molecule has 2 N–H and O–H groups in total. The van der Waals surface area contributed by atoms with E-state index < -0.39 is 11.9 Å². The van der Waals surface area contributed by atoms with Gasteiger partial charge in [0.15, 0.2) is 0 Å². The van der Waals surface area contributed by atoms with Crippen molar-refractivity contribution in [1.82, 2.24) is 5.32 Å². The second-order valence-electron chi connectivity index (χ2n) is 4.25. The highest BCUT2D eigenvalue weighted by Crippen LogP contribution is 2.03. The Balaban J connectivity index is 3.99. The summed E-state index contributed by atoms with van der Waals surface area (Å²) in [4.78, 5) is 33.3. The molecule has 0 radical (unpaired) electrons. The van der Waals surface area contributed by atoms with E-state index in [9.17, 15) is 14.4 Å². The summed E-state index contributed by atoms with van der Waals surface area (Å²) in [5.41, 5.74) is -0.0689. The molecule has 1 amide bonds. The summed E-state index contributed by atoms with van der Waals surface area (Å²) < 4.78 is 4.82. The van der Waals surface area contributed by atoms with Gasteiger partial charge in [-0.25, -0.2) is 9.59 Å². The Labute approximate surface area is 118 Å². The Bertz CT molecular complexity index is 412. The van der Waals surface area contributed by atoms with Crippen LogP contribution in [0.3, 0.4) is 0 Å². The lowest BCUT2D eigenvalue weighted by Gasteiger charge is -2.06. The fourth-order valence-electron chi connectivity index (χ4n) is 1.20. The van der Waals surface area contributed by atoms with Crippen LogP contribution in [0.15, 0.2) is 23.8 Å². The van der Waals surface area contributed by atoms with Crippen molar-refractivity contribution < 1.29 is 24.2 Å². The van der Waals surface area contributed by atoms with Crippen molar-refractivity contribution in [3.63, 3.8) is 0 Å². The fourth-order valence-corrected chi connectivity index (χ4v) is 1.20. The van der Waals surface area contributed by atoms with Crippen LogP contribution in [0.4, 0.5) is 0 Å². The first-order chi connectivity index (χ1) is 9.38. The number of esters is 1. The van der Waals surface area contributed by atoms with E-state index in [0.717, 1.165) is 18.9 Å². The number of aliphatic carboxylic acids is 1. The lowest BCUT2D eigenvalue weighted by molar-refractivity contribution is -0.139. The van der Waals surface area contributed by atoms with Gasteiger partial charge in [0.2, 0.25) is 5.91 Å². The molecule has 0 aliphatic rings. The zero-order chi connectivity index (χ0) is 15.5.